The number of halogens is 1. The lowest BCUT2D eigenvalue weighted by atomic mass is 10.2. The molecule has 2 aromatic rings. The van der Waals surface area contributed by atoms with Crippen LogP contribution in [0.5, 0.6) is 0 Å². The van der Waals surface area contributed by atoms with Crippen LogP contribution < -0.4 is 9.66 Å². The average molecular weight is 405 g/mol. The molecule has 0 heterocycles. The van der Waals surface area contributed by atoms with E-state index in [0.717, 1.165) is 5.56 Å². The van der Waals surface area contributed by atoms with Crippen LogP contribution in [0.2, 0.25) is 0 Å². The van der Waals surface area contributed by atoms with Gasteiger partial charge in [0.05, 0.1) is 9.79 Å². The largest absolute Gasteiger partial charge is 0.254 e. The molecule has 0 spiro atoms. The molecule has 2 N–H and O–H groups in total. The maximum atomic E-state index is 12.0. The number of benzene rings is 2. The Bertz CT molecular complexity index is 786. The fourth-order valence-electron chi connectivity index (χ4n) is 1.56. The highest BCUT2D eigenvalue weighted by Gasteiger charge is 2.19. The molecule has 0 atom stereocenters. The summed E-state index contributed by atoms with van der Waals surface area (Å²) < 4.78 is 48.8. The second kappa shape index (κ2) is 6.47. The van der Waals surface area contributed by atoms with Gasteiger partial charge in [-0.25, -0.2) is 16.8 Å². The quantitative estimate of drug-likeness (QED) is 0.744. The maximum Gasteiger partial charge on any atom is 0.254 e. The minimum atomic E-state index is -3.99. The monoisotopic (exact) mass is 404 g/mol. The Kier molecular flexibility index (Phi) is 5.03. The van der Waals surface area contributed by atoms with Crippen LogP contribution in [0.3, 0.4) is 0 Å². The number of rotatable bonds is 5. The van der Waals surface area contributed by atoms with Gasteiger partial charge in [0.25, 0.3) is 20.0 Å². The van der Waals surface area contributed by atoms with Crippen molar-refractivity contribution in [2.24, 2.45) is 0 Å². The zero-order valence-electron chi connectivity index (χ0n) is 11.4. The summed E-state index contributed by atoms with van der Waals surface area (Å²) in [6.07, 6.45) is 0. The Balaban J connectivity index is 2.17. The molecular weight excluding hydrogens is 392 g/mol. The number of hydrogen-bond acceptors (Lipinski definition) is 4. The Morgan fingerprint density at radius 3 is 1.50 bits per heavy atom. The molecule has 22 heavy (non-hydrogen) atoms. The molecule has 0 amide bonds. The van der Waals surface area contributed by atoms with Crippen LogP contribution >= 0.6 is 15.9 Å². The van der Waals surface area contributed by atoms with Gasteiger partial charge >= 0.3 is 0 Å². The highest BCUT2D eigenvalue weighted by atomic mass is 79.9. The maximum absolute atomic E-state index is 12.0. The van der Waals surface area contributed by atoms with Crippen molar-refractivity contribution in [2.45, 2.75) is 16.7 Å². The van der Waals surface area contributed by atoms with E-state index in [1.165, 1.54) is 24.3 Å². The average Bonchev–Trinajstić information content (AvgIpc) is 2.46. The molecule has 0 fully saturated rings. The fourth-order valence-corrected chi connectivity index (χ4v) is 3.93. The highest BCUT2D eigenvalue weighted by molar-refractivity contribution is 9.10. The van der Waals surface area contributed by atoms with Gasteiger partial charge < -0.3 is 0 Å². The molecule has 0 bridgehead atoms. The number of sulfonamides is 2. The van der Waals surface area contributed by atoms with Gasteiger partial charge in [-0.2, -0.15) is 0 Å². The van der Waals surface area contributed by atoms with E-state index < -0.39 is 20.0 Å². The van der Waals surface area contributed by atoms with Crippen LogP contribution in [0.4, 0.5) is 0 Å². The smallest absolute Gasteiger partial charge is 0.206 e. The van der Waals surface area contributed by atoms with Crippen molar-refractivity contribution in [1.29, 1.82) is 0 Å². The zero-order valence-corrected chi connectivity index (χ0v) is 14.7. The molecule has 0 aliphatic heterocycles. The molecular formula is C13H13BrN2O4S2. The summed E-state index contributed by atoms with van der Waals surface area (Å²) in [7, 11) is -7.96. The zero-order chi connectivity index (χ0) is 16.4. The second-order valence-corrected chi connectivity index (χ2v) is 8.76. The summed E-state index contributed by atoms with van der Waals surface area (Å²) in [6.45, 7) is 1.82. The summed E-state index contributed by atoms with van der Waals surface area (Å²) >= 11 is 3.19. The van der Waals surface area contributed by atoms with Gasteiger partial charge in [-0.05, 0) is 43.3 Å². The standard InChI is InChI=1S/C13H13BrN2O4S2/c1-10-2-6-12(7-3-10)21(17,18)15-16-22(19,20)13-8-4-11(14)5-9-13/h2-9,15-16H,1H3. The van der Waals surface area contributed by atoms with Crippen LogP contribution in [0, 0.1) is 6.92 Å². The van der Waals surface area contributed by atoms with E-state index in [2.05, 4.69) is 15.9 Å². The van der Waals surface area contributed by atoms with Gasteiger partial charge in [-0.3, -0.25) is 0 Å². The number of hydrazine groups is 1. The molecule has 0 saturated carbocycles. The molecule has 6 nitrogen and oxygen atoms in total. The normalized spacial score (nSPS) is 12.3. The molecule has 2 aromatic carbocycles. The van der Waals surface area contributed by atoms with Crippen molar-refractivity contribution in [3.63, 3.8) is 0 Å². The van der Waals surface area contributed by atoms with Crippen molar-refractivity contribution in [3.8, 4) is 0 Å². The molecule has 0 aliphatic carbocycles. The van der Waals surface area contributed by atoms with E-state index in [1.54, 1.807) is 24.3 Å². The third-order valence-corrected chi connectivity index (χ3v) is 5.95. The van der Waals surface area contributed by atoms with Gasteiger partial charge in [0, 0.05) is 4.47 Å². The third-order valence-electron chi connectivity index (χ3n) is 2.77. The topological polar surface area (TPSA) is 92.3 Å². The number of hydrogen-bond donors (Lipinski definition) is 2. The van der Waals surface area contributed by atoms with E-state index in [1.807, 2.05) is 16.6 Å². The predicted molar refractivity (Wildman–Crippen MR) is 86.0 cm³/mol. The third kappa shape index (κ3) is 4.14. The Morgan fingerprint density at radius 2 is 1.09 bits per heavy atom. The Hall–Kier alpha value is -1.26. The SMILES string of the molecule is Cc1ccc(S(=O)(=O)NNS(=O)(=O)c2ccc(Br)cc2)cc1. The molecule has 0 aromatic heterocycles. The molecule has 2 rings (SSSR count). The summed E-state index contributed by atoms with van der Waals surface area (Å²) in [5.74, 6) is 0. The van der Waals surface area contributed by atoms with Crippen LogP contribution in [0.15, 0.2) is 62.8 Å². The van der Waals surface area contributed by atoms with Crippen LogP contribution in [-0.2, 0) is 20.0 Å². The van der Waals surface area contributed by atoms with Gasteiger partial charge in [-0.15, -0.1) is 9.66 Å². The second-order valence-electron chi connectivity index (χ2n) is 4.48. The lowest BCUT2D eigenvalue weighted by Gasteiger charge is -2.09. The van der Waals surface area contributed by atoms with Crippen LogP contribution in [0.1, 0.15) is 5.56 Å². The number of aryl methyl sites for hydroxylation is 1. The van der Waals surface area contributed by atoms with Crippen molar-refractivity contribution < 1.29 is 16.8 Å². The Labute approximate surface area is 137 Å². The lowest BCUT2D eigenvalue weighted by Crippen LogP contribution is -2.41. The summed E-state index contributed by atoms with van der Waals surface area (Å²) in [6, 6.07) is 11.8. The van der Waals surface area contributed by atoms with Gasteiger partial charge in [0.15, 0.2) is 0 Å². The first-order valence-corrected chi connectivity index (χ1v) is 9.82. The van der Waals surface area contributed by atoms with E-state index in [-0.39, 0.29) is 9.79 Å². The van der Waals surface area contributed by atoms with Crippen molar-refractivity contribution in [2.75, 3.05) is 0 Å². The highest BCUT2D eigenvalue weighted by Crippen LogP contribution is 2.14. The lowest BCUT2D eigenvalue weighted by molar-refractivity contribution is 0.557. The summed E-state index contributed by atoms with van der Waals surface area (Å²) in [5.41, 5.74) is 0.898. The summed E-state index contributed by atoms with van der Waals surface area (Å²) in [4.78, 5) is 3.65. The van der Waals surface area contributed by atoms with E-state index >= 15 is 0 Å². The minimum Gasteiger partial charge on any atom is -0.206 e. The van der Waals surface area contributed by atoms with Crippen LogP contribution in [-0.4, -0.2) is 16.8 Å². The molecule has 0 aliphatic rings. The molecule has 118 valence electrons. The van der Waals surface area contributed by atoms with Gasteiger partial charge in [0.1, 0.15) is 0 Å². The van der Waals surface area contributed by atoms with Crippen LogP contribution in [0.25, 0.3) is 0 Å². The van der Waals surface area contributed by atoms with Crippen molar-refractivity contribution >= 4 is 36.0 Å². The molecule has 0 radical (unpaired) electrons. The fraction of sp³-hybridized carbons (Fsp3) is 0.0769. The van der Waals surface area contributed by atoms with E-state index in [9.17, 15) is 16.8 Å². The molecule has 0 unspecified atom stereocenters. The molecule has 9 heteroatoms. The predicted octanol–water partition coefficient (Wildman–Crippen LogP) is 1.93. The van der Waals surface area contributed by atoms with Crippen molar-refractivity contribution in [3.05, 3.63) is 58.6 Å². The first kappa shape index (κ1) is 17.1. The van der Waals surface area contributed by atoms with Gasteiger partial charge in [0.2, 0.25) is 0 Å². The van der Waals surface area contributed by atoms with E-state index in [4.69, 9.17) is 0 Å². The number of nitrogens with one attached hydrogen (secondary N) is 2. The summed E-state index contributed by atoms with van der Waals surface area (Å²) in [5, 5.41) is 0. The first-order valence-electron chi connectivity index (χ1n) is 6.06. The minimum absolute atomic E-state index is 0.0309. The first-order chi connectivity index (χ1) is 10.2. The van der Waals surface area contributed by atoms with E-state index in [0.29, 0.717) is 4.47 Å². The van der Waals surface area contributed by atoms with Crippen molar-refractivity contribution in [1.82, 2.24) is 9.66 Å². The van der Waals surface area contributed by atoms with Gasteiger partial charge in [-0.1, -0.05) is 33.6 Å². The Morgan fingerprint density at radius 1 is 0.727 bits per heavy atom. The molecule has 0 saturated heterocycles.